The minimum absolute atomic E-state index is 0.0160. The zero-order valence-electron chi connectivity index (χ0n) is 10.3. The number of halogens is 3. The smallest absolute Gasteiger partial charge is 0.422 e. The predicted octanol–water partition coefficient (Wildman–Crippen LogP) is 1.66. The largest absolute Gasteiger partial charge is 0.545 e. The topological polar surface area (TPSA) is 40.1 Å². The summed E-state index contributed by atoms with van der Waals surface area (Å²) in [6.45, 7) is 2.21. The first kappa shape index (κ1) is 14.5. The van der Waals surface area contributed by atoms with E-state index in [1.54, 1.807) is 21.0 Å². The summed E-state index contributed by atoms with van der Waals surface area (Å²) in [4.78, 5) is 10.6. The van der Waals surface area contributed by atoms with Gasteiger partial charge in [0.25, 0.3) is 0 Å². The predicted molar refractivity (Wildman–Crippen MR) is 60.0 cm³/mol. The van der Waals surface area contributed by atoms with Gasteiger partial charge in [0.15, 0.2) is 0 Å². The van der Waals surface area contributed by atoms with Gasteiger partial charge in [0.05, 0.1) is 26.6 Å². The first-order valence-electron chi connectivity index (χ1n) is 5.35. The van der Waals surface area contributed by atoms with Crippen LogP contribution in [0.2, 0.25) is 0 Å². The van der Waals surface area contributed by atoms with E-state index in [2.05, 4.69) is 0 Å². The van der Waals surface area contributed by atoms with E-state index >= 15 is 0 Å². The molecule has 0 aliphatic carbocycles. The normalized spacial score (nSPS) is 12.6. The van der Waals surface area contributed by atoms with Crippen LogP contribution in [-0.2, 0) is 6.18 Å². The Balaban J connectivity index is 3.49. The van der Waals surface area contributed by atoms with Crippen LogP contribution in [0.4, 0.5) is 18.9 Å². The van der Waals surface area contributed by atoms with E-state index in [4.69, 9.17) is 0 Å². The molecule has 1 aromatic carbocycles. The number of rotatable bonds is 3. The van der Waals surface area contributed by atoms with Crippen molar-refractivity contribution in [2.24, 2.45) is 0 Å². The maximum absolute atomic E-state index is 12.9. The lowest BCUT2D eigenvalue weighted by atomic mass is 10.1. The van der Waals surface area contributed by atoms with E-state index in [1.807, 2.05) is 0 Å². The molecule has 0 amide bonds. The maximum atomic E-state index is 12.9. The van der Waals surface area contributed by atoms with Gasteiger partial charge < -0.3 is 9.90 Å². The second kappa shape index (κ2) is 4.61. The summed E-state index contributed by atoms with van der Waals surface area (Å²) in [7, 11) is 3.26. The van der Waals surface area contributed by atoms with Crippen molar-refractivity contribution >= 4 is 11.7 Å². The number of carbonyl (C=O) groups excluding carboxylic acids is 1. The molecule has 100 valence electrons. The summed E-state index contributed by atoms with van der Waals surface area (Å²) in [6.07, 6.45) is -4.59. The van der Waals surface area contributed by atoms with Crippen LogP contribution in [0, 0.1) is 0 Å². The molecule has 1 aromatic rings. The van der Waals surface area contributed by atoms with Gasteiger partial charge in [0.2, 0.25) is 0 Å². The highest BCUT2D eigenvalue weighted by atomic mass is 19.4. The van der Waals surface area contributed by atoms with Crippen molar-refractivity contribution in [3.8, 4) is 0 Å². The Kier molecular flexibility index (Phi) is 3.71. The van der Waals surface area contributed by atoms with Crippen LogP contribution >= 0.6 is 0 Å². The second-order valence-electron chi connectivity index (χ2n) is 4.52. The molecule has 0 saturated heterocycles. The third kappa shape index (κ3) is 2.81. The van der Waals surface area contributed by atoms with Crippen molar-refractivity contribution in [1.29, 1.82) is 0 Å². The number of nitrogens with zero attached hydrogens (tertiary/aromatic N) is 1. The van der Waals surface area contributed by atoms with E-state index in [9.17, 15) is 23.1 Å². The molecule has 0 N–H and O–H groups in total. The van der Waals surface area contributed by atoms with Gasteiger partial charge in [-0.3, -0.25) is 4.48 Å². The molecule has 3 nitrogen and oxygen atoms in total. The molecule has 0 bridgehead atoms. The maximum Gasteiger partial charge on any atom is 0.422 e. The second-order valence-corrected chi connectivity index (χ2v) is 4.52. The molecule has 0 aliphatic heterocycles. The van der Waals surface area contributed by atoms with E-state index in [-0.39, 0.29) is 10.2 Å². The number of carboxylic acid groups (broad SMARTS) is 1. The standard InChI is InChI=1S/C12H14F3NO2/c1-4-16(2,3)10-6-5-8(11(17)18)7-9(10)12(13,14)15/h5-7H,4H2,1-3H3. The minimum atomic E-state index is -4.59. The number of hydrogen-bond acceptors (Lipinski definition) is 2. The number of aromatic carboxylic acids is 1. The first-order valence-corrected chi connectivity index (χ1v) is 5.35. The number of benzene rings is 1. The van der Waals surface area contributed by atoms with Crippen LogP contribution in [0.1, 0.15) is 22.8 Å². The van der Waals surface area contributed by atoms with Gasteiger partial charge >= 0.3 is 6.18 Å². The van der Waals surface area contributed by atoms with Crippen molar-refractivity contribution in [2.75, 3.05) is 20.6 Å². The third-order valence-electron chi connectivity index (χ3n) is 2.98. The zero-order chi connectivity index (χ0) is 14.1. The van der Waals surface area contributed by atoms with Crippen molar-refractivity contribution in [3.63, 3.8) is 0 Å². The Bertz CT molecular complexity index is 467. The molecule has 0 radical (unpaired) electrons. The van der Waals surface area contributed by atoms with E-state index in [1.165, 1.54) is 6.07 Å². The average Bonchev–Trinajstić information content (AvgIpc) is 2.27. The molecule has 1 rings (SSSR count). The van der Waals surface area contributed by atoms with Gasteiger partial charge in [-0.1, -0.05) is 0 Å². The fourth-order valence-electron chi connectivity index (χ4n) is 1.59. The van der Waals surface area contributed by atoms with Gasteiger partial charge in [0, 0.05) is 6.07 Å². The highest BCUT2D eigenvalue weighted by Gasteiger charge is 2.38. The lowest BCUT2D eigenvalue weighted by molar-refractivity contribution is -0.255. The average molecular weight is 261 g/mol. The van der Waals surface area contributed by atoms with Crippen molar-refractivity contribution in [1.82, 2.24) is 4.48 Å². The van der Waals surface area contributed by atoms with Gasteiger partial charge in [-0.25, -0.2) is 0 Å². The summed E-state index contributed by atoms with van der Waals surface area (Å²) in [6, 6.07) is 2.95. The molecule has 6 heteroatoms. The zero-order valence-corrected chi connectivity index (χ0v) is 10.3. The summed E-state index contributed by atoms with van der Waals surface area (Å²) < 4.78 is 38.8. The molecule has 0 spiro atoms. The molecule has 0 heterocycles. The summed E-state index contributed by atoms with van der Waals surface area (Å²) in [5.74, 6) is -1.62. The Labute approximate surface area is 103 Å². The molecule has 0 fully saturated rings. The van der Waals surface area contributed by atoms with Gasteiger partial charge in [-0.05, 0) is 24.6 Å². The number of carbonyl (C=O) groups is 1. The van der Waals surface area contributed by atoms with Crippen LogP contribution in [0.25, 0.3) is 0 Å². The monoisotopic (exact) mass is 261 g/mol. The van der Waals surface area contributed by atoms with Crippen LogP contribution in [-0.4, -0.2) is 26.6 Å². The van der Waals surface area contributed by atoms with Crippen LogP contribution in [0.3, 0.4) is 0 Å². The van der Waals surface area contributed by atoms with E-state index < -0.39 is 23.3 Å². The first-order chi connectivity index (χ1) is 8.09. The molecule has 0 unspecified atom stereocenters. The molecular formula is C12H14F3NO2. The molecule has 0 aliphatic rings. The Morgan fingerprint density at radius 2 is 1.89 bits per heavy atom. The third-order valence-corrected chi connectivity index (χ3v) is 2.98. The Morgan fingerprint density at radius 1 is 1.33 bits per heavy atom. The molecular weight excluding hydrogens is 247 g/mol. The summed E-state index contributed by atoms with van der Waals surface area (Å²) in [5, 5.41) is 10.6. The van der Waals surface area contributed by atoms with Crippen LogP contribution in [0.15, 0.2) is 18.2 Å². The van der Waals surface area contributed by atoms with Crippen LogP contribution < -0.4 is 9.59 Å². The highest BCUT2D eigenvalue weighted by Crippen LogP contribution is 2.38. The lowest BCUT2D eigenvalue weighted by Crippen LogP contribution is -2.41. The van der Waals surface area contributed by atoms with Gasteiger partial charge in [-0.15, -0.1) is 0 Å². The van der Waals surface area contributed by atoms with Crippen molar-refractivity contribution in [3.05, 3.63) is 29.3 Å². The quantitative estimate of drug-likeness (QED) is 0.776. The summed E-state index contributed by atoms with van der Waals surface area (Å²) >= 11 is 0. The van der Waals surface area contributed by atoms with Gasteiger partial charge in [-0.2, -0.15) is 13.2 Å². The number of quaternary nitrogens is 1. The molecule has 0 saturated carbocycles. The fraction of sp³-hybridized carbons (Fsp3) is 0.417. The SMILES string of the molecule is CC[N+](C)(C)c1ccc(C(=O)[O-])cc1C(F)(F)F. The minimum Gasteiger partial charge on any atom is -0.545 e. The fourth-order valence-corrected chi connectivity index (χ4v) is 1.59. The van der Waals surface area contributed by atoms with Crippen molar-refractivity contribution in [2.45, 2.75) is 13.1 Å². The molecule has 0 atom stereocenters. The van der Waals surface area contributed by atoms with Gasteiger partial charge in [0.1, 0.15) is 11.3 Å². The van der Waals surface area contributed by atoms with E-state index in [0.29, 0.717) is 12.6 Å². The van der Waals surface area contributed by atoms with E-state index in [0.717, 1.165) is 6.07 Å². The molecule has 18 heavy (non-hydrogen) atoms. The number of carboxylic acids is 1. The van der Waals surface area contributed by atoms with Crippen molar-refractivity contribution < 1.29 is 23.1 Å². The lowest BCUT2D eigenvalue weighted by Gasteiger charge is -2.30. The Morgan fingerprint density at radius 3 is 2.28 bits per heavy atom. The number of alkyl halides is 3. The summed E-state index contributed by atoms with van der Waals surface area (Å²) in [5.41, 5.74) is -1.37. The Hall–Kier alpha value is -1.56. The van der Waals surface area contributed by atoms with Crippen LogP contribution in [0.5, 0.6) is 0 Å². The molecule has 0 aromatic heterocycles. The highest BCUT2D eigenvalue weighted by molar-refractivity contribution is 5.86. The number of hydrogen-bond donors (Lipinski definition) is 0.